The minimum atomic E-state index is -0.428. The summed E-state index contributed by atoms with van der Waals surface area (Å²) in [7, 11) is 0. The van der Waals surface area contributed by atoms with Crippen molar-refractivity contribution in [3.63, 3.8) is 0 Å². The summed E-state index contributed by atoms with van der Waals surface area (Å²) >= 11 is 3.38. The van der Waals surface area contributed by atoms with E-state index in [9.17, 15) is 4.79 Å². The lowest BCUT2D eigenvalue weighted by Crippen LogP contribution is -2.33. The van der Waals surface area contributed by atoms with Crippen LogP contribution in [0.2, 0.25) is 0 Å². The number of alkyl carbamates (subject to hydrolysis) is 1. The van der Waals surface area contributed by atoms with Crippen molar-refractivity contribution in [2.24, 2.45) is 0 Å². The van der Waals surface area contributed by atoms with E-state index in [0.717, 1.165) is 44.2 Å². The molecule has 0 heterocycles. The van der Waals surface area contributed by atoms with Gasteiger partial charge in [-0.05, 0) is 46.5 Å². The number of hydrogen-bond donors (Lipinski definition) is 1. The van der Waals surface area contributed by atoms with Crippen molar-refractivity contribution in [3.8, 4) is 0 Å². The molecule has 0 bridgehead atoms. The molecule has 0 saturated carbocycles. The number of hydrogen-bond acceptors (Lipinski definition) is 3. The molecule has 0 spiro atoms. The molecule has 0 unspecified atom stereocenters. The van der Waals surface area contributed by atoms with Crippen LogP contribution in [0.3, 0.4) is 0 Å². The highest BCUT2D eigenvalue weighted by atomic mass is 79.9. The predicted octanol–water partition coefficient (Wildman–Crippen LogP) is 3.48. The highest BCUT2D eigenvalue weighted by Gasteiger charge is 2.15. The van der Waals surface area contributed by atoms with Crippen molar-refractivity contribution in [2.75, 3.05) is 25.1 Å². The number of nitrogens with one attached hydrogen (secondary N) is 1. The van der Waals surface area contributed by atoms with Crippen LogP contribution in [0.15, 0.2) is 0 Å². The van der Waals surface area contributed by atoms with Crippen LogP contribution in [-0.2, 0) is 9.47 Å². The third-order valence-electron chi connectivity index (χ3n) is 2.06. The maximum absolute atomic E-state index is 11.3. The molecule has 1 amide bonds. The fraction of sp³-hybridized carbons (Fsp3) is 0.923. The molecule has 0 aromatic carbocycles. The van der Waals surface area contributed by atoms with Gasteiger partial charge in [0.25, 0.3) is 0 Å². The average Bonchev–Trinajstić information content (AvgIpc) is 2.24. The van der Waals surface area contributed by atoms with E-state index in [-0.39, 0.29) is 6.09 Å². The summed E-state index contributed by atoms with van der Waals surface area (Å²) < 4.78 is 10.6. The van der Waals surface area contributed by atoms with Crippen LogP contribution in [0, 0.1) is 0 Å². The lowest BCUT2D eigenvalue weighted by Gasteiger charge is -2.19. The molecule has 0 fully saturated rings. The van der Waals surface area contributed by atoms with Crippen LogP contribution in [0.1, 0.15) is 46.5 Å². The van der Waals surface area contributed by atoms with Crippen molar-refractivity contribution in [3.05, 3.63) is 0 Å². The Morgan fingerprint density at radius 2 is 1.72 bits per heavy atom. The Labute approximate surface area is 119 Å². The largest absolute Gasteiger partial charge is 0.444 e. The summed E-state index contributed by atoms with van der Waals surface area (Å²) in [5.41, 5.74) is -0.428. The van der Waals surface area contributed by atoms with Crippen LogP contribution in [-0.4, -0.2) is 36.8 Å². The Morgan fingerprint density at radius 3 is 2.28 bits per heavy atom. The van der Waals surface area contributed by atoms with Crippen LogP contribution < -0.4 is 5.32 Å². The van der Waals surface area contributed by atoms with Crippen LogP contribution >= 0.6 is 15.9 Å². The zero-order valence-electron chi connectivity index (χ0n) is 11.8. The van der Waals surface area contributed by atoms with Crippen molar-refractivity contribution in [1.29, 1.82) is 0 Å². The van der Waals surface area contributed by atoms with Crippen molar-refractivity contribution in [2.45, 2.75) is 52.1 Å². The van der Waals surface area contributed by atoms with Crippen molar-refractivity contribution in [1.82, 2.24) is 5.32 Å². The highest BCUT2D eigenvalue weighted by Crippen LogP contribution is 2.06. The van der Waals surface area contributed by atoms with E-state index in [1.165, 1.54) is 0 Å². The number of rotatable bonds is 9. The lowest BCUT2D eigenvalue weighted by molar-refractivity contribution is 0.0524. The first-order valence-corrected chi connectivity index (χ1v) is 7.68. The number of ether oxygens (including phenoxy) is 2. The molecule has 108 valence electrons. The van der Waals surface area contributed by atoms with Crippen LogP contribution in [0.5, 0.6) is 0 Å². The third-order valence-corrected chi connectivity index (χ3v) is 2.62. The molecule has 0 aliphatic rings. The molecule has 18 heavy (non-hydrogen) atoms. The summed E-state index contributed by atoms with van der Waals surface area (Å²) in [5.74, 6) is 0. The van der Waals surface area contributed by atoms with Gasteiger partial charge in [-0.2, -0.15) is 0 Å². The van der Waals surface area contributed by atoms with Crippen LogP contribution in [0.4, 0.5) is 4.79 Å². The molecule has 5 heteroatoms. The number of halogens is 1. The predicted molar refractivity (Wildman–Crippen MR) is 77.3 cm³/mol. The highest BCUT2D eigenvalue weighted by molar-refractivity contribution is 9.09. The Morgan fingerprint density at radius 1 is 1.11 bits per heavy atom. The van der Waals surface area contributed by atoms with Gasteiger partial charge in [-0.25, -0.2) is 4.79 Å². The van der Waals surface area contributed by atoms with E-state index in [0.29, 0.717) is 6.54 Å². The Balaban J connectivity index is 3.23. The first kappa shape index (κ1) is 17.7. The van der Waals surface area contributed by atoms with Gasteiger partial charge in [0, 0.05) is 25.1 Å². The summed E-state index contributed by atoms with van der Waals surface area (Å²) in [6.45, 7) is 7.79. The monoisotopic (exact) mass is 323 g/mol. The number of carbonyl (C=O) groups is 1. The summed E-state index contributed by atoms with van der Waals surface area (Å²) in [5, 5.41) is 3.77. The van der Waals surface area contributed by atoms with E-state index >= 15 is 0 Å². The topological polar surface area (TPSA) is 47.6 Å². The van der Waals surface area contributed by atoms with Gasteiger partial charge in [-0.3, -0.25) is 0 Å². The SMILES string of the molecule is CC(C)(C)OC(=O)NCCCCOCCCCBr. The van der Waals surface area contributed by atoms with E-state index < -0.39 is 5.60 Å². The Hall–Kier alpha value is -0.290. The molecule has 0 saturated heterocycles. The maximum Gasteiger partial charge on any atom is 0.407 e. The molecule has 0 aromatic rings. The van der Waals surface area contributed by atoms with Gasteiger partial charge in [0.15, 0.2) is 0 Å². The first-order valence-electron chi connectivity index (χ1n) is 6.56. The van der Waals surface area contributed by atoms with Gasteiger partial charge < -0.3 is 14.8 Å². The third kappa shape index (κ3) is 13.8. The maximum atomic E-state index is 11.3. The van der Waals surface area contributed by atoms with Gasteiger partial charge in [0.05, 0.1) is 0 Å². The summed E-state index contributed by atoms with van der Waals surface area (Å²) in [4.78, 5) is 11.3. The van der Waals surface area contributed by atoms with E-state index in [1.807, 2.05) is 20.8 Å². The second-order valence-corrected chi connectivity index (χ2v) is 5.94. The number of amides is 1. The van der Waals surface area contributed by atoms with Gasteiger partial charge in [-0.1, -0.05) is 15.9 Å². The zero-order valence-corrected chi connectivity index (χ0v) is 13.3. The number of alkyl halides is 1. The van der Waals surface area contributed by atoms with Crippen molar-refractivity contribution < 1.29 is 14.3 Å². The fourth-order valence-electron chi connectivity index (χ4n) is 1.23. The summed E-state index contributed by atoms with van der Waals surface area (Å²) in [6.07, 6.45) is 3.78. The smallest absolute Gasteiger partial charge is 0.407 e. The minimum absolute atomic E-state index is 0.347. The quantitative estimate of drug-likeness (QED) is 0.522. The molecule has 0 radical (unpaired) electrons. The Bertz CT molecular complexity index is 217. The molecule has 0 rings (SSSR count). The van der Waals surface area contributed by atoms with Crippen LogP contribution in [0.25, 0.3) is 0 Å². The zero-order chi connectivity index (χ0) is 13.9. The normalized spacial score (nSPS) is 11.3. The first-order chi connectivity index (χ1) is 8.45. The van der Waals surface area contributed by atoms with Gasteiger partial charge in [0.1, 0.15) is 5.60 Å². The lowest BCUT2D eigenvalue weighted by atomic mass is 10.2. The molecule has 0 aromatic heterocycles. The van der Waals surface area contributed by atoms with E-state index in [2.05, 4.69) is 21.2 Å². The van der Waals surface area contributed by atoms with Crippen molar-refractivity contribution >= 4 is 22.0 Å². The van der Waals surface area contributed by atoms with Gasteiger partial charge in [0.2, 0.25) is 0 Å². The summed E-state index contributed by atoms with van der Waals surface area (Å²) in [6, 6.07) is 0. The molecule has 0 aliphatic carbocycles. The second kappa shape index (κ2) is 10.6. The standard InChI is InChI=1S/C13H26BrNO3/c1-13(2,3)18-12(16)15-9-5-7-11-17-10-6-4-8-14/h4-11H2,1-3H3,(H,15,16). The molecule has 0 aliphatic heterocycles. The molecular formula is C13H26BrNO3. The molecule has 1 N–H and O–H groups in total. The fourth-order valence-corrected chi connectivity index (χ4v) is 1.63. The molecule has 4 nitrogen and oxygen atoms in total. The molecular weight excluding hydrogens is 298 g/mol. The number of unbranched alkanes of at least 4 members (excludes halogenated alkanes) is 2. The van der Waals surface area contributed by atoms with E-state index in [4.69, 9.17) is 9.47 Å². The van der Waals surface area contributed by atoms with Gasteiger partial charge in [-0.15, -0.1) is 0 Å². The Kier molecular flexibility index (Phi) is 10.4. The second-order valence-electron chi connectivity index (χ2n) is 5.14. The average molecular weight is 324 g/mol. The molecule has 0 atom stereocenters. The van der Waals surface area contributed by atoms with Gasteiger partial charge >= 0.3 is 6.09 Å². The number of carbonyl (C=O) groups excluding carboxylic acids is 1. The van der Waals surface area contributed by atoms with E-state index in [1.54, 1.807) is 0 Å². The minimum Gasteiger partial charge on any atom is -0.444 e.